The number of rotatable bonds is 4. The Labute approximate surface area is 96.3 Å². The molecule has 0 aliphatic heterocycles. The van der Waals surface area contributed by atoms with Crippen molar-refractivity contribution in [3.8, 4) is 0 Å². The molecule has 1 amide bonds. The van der Waals surface area contributed by atoms with Gasteiger partial charge < -0.3 is 11.1 Å². The van der Waals surface area contributed by atoms with Crippen molar-refractivity contribution >= 4 is 11.6 Å². The Morgan fingerprint density at radius 2 is 2.06 bits per heavy atom. The predicted octanol–water partition coefficient (Wildman–Crippen LogP) is 1.85. The molecule has 4 heteroatoms. The molecule has 0 saturated carbocycles. The quantitative estimate of drug-likeness (QED) is 0.815. The van der Waals surface area contributed by atoms with Gasteiger partial charge in [-0.15, -0.1) is 0 Å². The molecule has 0 saturated heterocycles. The predicted molar refractivity (Wildman–Crippen MR) is 65.1 cm³/mol. The second-order valence-electron chi connectivity index (χ2n) is 4.01. The molecule has 0 aliphatic rings. The summed E-state index contributed by atoms with van der Waals surface area (Å²) < 4.78 is 0. The first kappa shape index (κ1) is 12.6. The number of hydrogen-bond donors (Lipinski definition) is 2. The third-order valence-corrected chi connectivity index (χ3v) is 2.88. The summed E-state index contributed by atoms with van der Waals surface area (Å²) in [6, 6.07) is 3.68. The maximum atomic E-state index is 11.9. The minimum Gasteiger partial charge on any atom is -0.323 e. The molecule has 3 N–H and O–H groups in total. The van der Waals surface area contributed by atoms with Crippen LogP contribution in [0.15, 0.2) is 18.3 Å². The second kappa shape index (κ2) is 5.07. The third kappa shape index (κ3) is 2.79. The van der Waals surface area contributed by atoms with Crippen LogP contribution >= 0.6 is 0 Å². The SMILES string of the molecule is CCC(N)(CC)C(=O)Nc1ccc(C)nc1. The van der Waals surface area contributed by atoms with Crippen molar-refractivity contribution in [1.82, 2.24) is 4.98 Å². The van der Waals surface area contributed by atoms with E-state index in [0.717, 1.165) is 5.69 Å². The highest BCUT2D eigenvalue weighted by Gasteiger charge is 2.29. The molecule has 0 aliphatic carbocycles. The fourth-order valence-corrected chi connectivity index (χ4v) is 1.37. The van der Waals surface area contributed by atoms with Crippen LogP contribution in [-0.4, -0.2) is 16.4 Å². The number of pyridine rings is 1. The van der Waals surface area contributed by atoms with Gasteiger partial charge in [0, 0.05) is 5.69 Å². The van der Waals surface area contributed by atoms with E-state index in [4.69, 9.17) is 5.73 Å². The topological polar surface area (TPSA) is 68.0 Å². The lowest BCUT2D eigenvalue weighted by atomic mass is 9.93. The lowest BCUT2D eigenvalue weighted by molar-refractivity contribution is -0.121. The maximum absolute atomic E-state index is 11.9. The molecule has 0 fully saturated rings. The van der Waals surface area contributed by atoms with Gasteiger partial charge in [0.2, 0.25) is 5.91 Å². The van der Waals surface area contributed by atoms with E-state index in [9.17, 15) is 4.79 Å². The zero-order chi connectivity index (χ0) is 12.2. The van der Waals surface area contributed by atoms with Crippen molar-refractivity contribution in [3.63, 3.8) is 0 Å². The van der Waals surface area contributed by atoms with Gasteiger partial charge in [-0.1, -0.05) is 13.8 Å². The third-order valence-electron chi connectivity index (χ3n) is 2.88. The Balaban J connectivity index is 2.74. The Hall–Kier alpha value is -1.42. The summed E-state index contributed by atoms with van der Waals surface area (Å²) in [5.74, 6) is -0.150. The van der Waals surface area contributed by atoms with Gasteiger partial charge in [0.25, 0.3) is 0 Å². The Morgan fingerprint density at radius 3 is 2.50 bits per heavy atom. The number of anilines is 1. The average Bonchev–Trinajstić information content (AvgIpc) is 2.31. The second-order valence-corrected chi connectivity index (χ2v) is 4.01. The van der Waals surface area contributed by atoms with Crippen molar-refractivity contribution in [3.05, 3.63) is 24.0 Å². The lowest BCUT2D eigenvalue weighted by Gasteiger charge is -2.25. The minimum absolute atomic E-state index is 0.150. The van der Waals surface area contributed by atoms with E-state index in [1.165, 1.54) is 0 Å². The van der Waals surface area contributed by atoms with E-state index in [1.54, 1.807) is 6.20 Å². The Morgan fingerprint density at radius 1 is 1.44 bits per heavy atom. The first-order valence-corrected chi connectivity index (χ1v) is 5.55. The molecular formula is C12H19N3O. The Bertz CT molecular complexity index is 355. The summed E-state index contributed by atoms with van der Waals surface area (Å²) in [6.45, 7) is 5.73. The van der Waals surface area contributed by atoms with Crippen LogP contribution in [-0.2, 0) is 4.79 Å². The Kier molecular flexibility index (Phi) is 4.01. The summed E-state index contributed by atoms with van der Waals surface area (Å²) >= 11 is 0. The number of carbonyl (C=O) groups is 1. The van der Waals surface area contributed by atoms with Crippen LogP contribution in [0.4, 0.5) is 5.69 Å². The van der Waals surface area contributed by atoms with E-state index in [0.29, 0.717) is 18.5 Å². The molecule has 1 rings (SSSR count). The number of hydrogen-bond acceptors (Lipinski definition) is 3. The number of aryl methyl sites for hydroxylation is 1. The summed E-state index contributed by atoms with van der Waals surface area (Å²) in [7, 11) is 0. The van der Waals surface area contributed by atoms with Crippen LogP contribution in [0.5, 0.6) is 0 Å². The smallest absolute Gasteiger partial charge is 0.244 e. The molecule has 0 bridgehead atoms. The van der Waals surface area contributed by atoms with Gasteiger partial charge in [-0.2, -0.15) is 0 Å². The normalized spacial score (nSPS) is 11.2. The van der Waals surface area contributed by atoms with Gasteiger partial charge in [0.15, 0.2) is 0 Å². The largest absolute Gasteiger partial charge is 0.323 e. The minimum atomic E-state index is -0.787. The molecule has 1 heterocycles. The lowest BCUT2D eigenvalue weighted by Crippen LogP contribution is -2.50. The molecule has 0 atom stereocenters. The van der Waals surface area contributed by atoms with E-state index in [1.807, 2.05) is 32.9 Å². The molecule has 4 nitrogen and oxygen atoms in total. The molecule has 0 spiro atoms. The van der Waals surface area contributed by atoms with Gasteiger partial charge in [0.05, 0.1) is 17.4 Å². The number of carbonyl (C=O) groups excluding carboxylic acids is 1. The standard InChI is InChI=1S/C12H19N3O/c1-4-12(13,5-2)11(16)15-10-7-6-9(3)14-8-10/h6-8H,4-5,13H2,1-3H3,(H,15,16). The van der Waals surface area contributed by atoms with Gasteiger partial charge in [-0.3, -0.25) is 9.78 Å². The molecule has 1 aromatic rings. The highest BCUT2D eigenvalue weighted by molar-refractivity contribution is 5.97. The van der Waals surface area contributed by atoms with Crippen LogP contribution in [0.3, 0.4) is 0 Å². The van der Waals surface area contributed by atoms with Crippen LogP contribution in [0.2, 0.25) is 0 Å². The van der Waals surface area contributed by atoms with Gasteiger partial charge in [-0.05, 0) is 31.9 Å². The number of amides is 1. The monoisotopic (exact) mass is 221 g/mol. The fraction of sp³-hybridized carbons (Fsp3) is 0.500. The first-order valence-electron chi connectivity index (χ1n) is 5.55. The highest BCUT2D eigenvalue weighted by Crippen LogP contribution is 2.15. The summed E-state index contributed by atoms with van der Waals surface area (Å²) in [6.07, 6.45) is 2.88. The van der Waals surface area contributed by atoms with E-state index in [-0.39, 0.29) is 5.91 Å². The van der Waals surface area contributed by atoms with Gasteiger partial charge >= 0.3 is 0 Å². The molecular weight excluding hydrogens is 202 g/mol. The number of nitrogens with two attached hydrogens (primary N) is 1. The van der Waals surface area contributed by atoms with Crippen LogP contribution in [0.1, 0.15) is 32.4 Å². The van der Waals surface area contributed by atoms with Crippen LogP contribution in [0.25, 0.3) is 0 Å². The highest BCUT2D eigenvalue weighted by atomic mass is 16.2. The van der Waals surface area contributed by atoms with Crippen molar-refractivity contribution < 1.29 is 4.79 Å². The van der Waals surface area contributed by atoms with Gasteiger partial charge in [-0.25, -0.2) is 0 Å². The maximum Gasteiger partial charge on any atom is 0.244 e. The molecule has 88 valence electrons. The van der Waals surface area contributed by atoms with E-state index in [2.05, 4.69) is 10.3 Å². The summed E-state index contributed by atoms with van der Waals surface area (Å²) in [5.41, 5.74) is 6.81. The number of nitrogens with one attached hydrogen (secondary N) is 1. The van der Waals surface area contributed by atoms with E-state index < -0.39 is 5.54 Å². The molecule has 0 unspecified atom stereocenters. The van der Waals surface area contributed by atoms with Crippen molar-refractivity contribution in [2.24, 2.45) is 5.73 Å². The summed E-state index contributed by atoms with van der Waals surface area (Å²) in [4.78, 5) is 16.0. The summed E-state index contributed by atoms with van der Waals surface area (Å²) in [5, 5.41) is 2.79. The fourth-order valence-electron chi connectivity index (χ4n) is 1.37. The molecule has 1 aromatic heterocycles. The zero-order valence-electron chi connectivity index (χ0n) is 10.1. The van der Waals surface area contributed by atoms with Crippen LogP contribution < -0.4 is 11.1 Å². The molecule has 16 heavy (non-hydrogen) atoms. The number of nitrogens with zero attached hydrogens (tertiary/aromatic N) is 1. The average molecular weight is 221 g/mol. The van der Waals surface area contributed by atoms with Crippen molar-refractivity contribution in [2.45, 2.75) is 39.2 Å². The van der Waals surface area contributed by atoms with E-state index >= 15 is 0 Å². The molecule has 0 aromatic carbocycles. The molecule has 0 radical (unpaired) electrons. The van der Waals surface area contributed by atoms with Crippen molar-refractivity contribution in [1.29, 1.82) is 0 Å². The van der Waals surface area contributed by atoms with Crippen molar-refractivity contribution in [2.75, 3.05) is 5.32 Å². The van der Waals surface area contributed by atoms with Crippen LogP contribution in [0, 0.1) is 6.92 Å². The number of aromatic nitrogens is 1. The first-order chi connectivity index (χ1) is 7.51. The zero-order valence-corrected chi connectivity index (χ0v) is 10.1. The van der Waals surface area contributed by atoms with Gasteiger partial charge in [0.1, 0.15) is 0 Å².